The van der Waals surface area contributed by atoms with Crippen LogP contribution in [-0.2, 0) is 5.92 Å². The Bertz CT molecular complexity index is 288. The van der Waals surface area contributed by atoms with Crippen LogP contribution in [0.2, 0.25) is 0 Å². The first-order chi connectivity index (χ1) is 6.26. The molecule has 0 spiro atoms. The fourth-order valence-corrected chi connectivity index (χ4v) is 0.799. The Morgan fingerprint density at radius 2 is 1.71 bits per heavy atom. The summed E-state index contributed by atoms with van der Waals surface area (Å²) in [5.74, 6) is -6.04. The summed E-state index contributed by atoms with van der Waals surface area (Å²) in [5.41, 5.74) is 0. The van der Waals surface area contributed by atoms with E-state index in [0.717, 1.165) is 12.3 Å². The van der Waals surface area contributed by atoms with E-state index in [1.807, 2.05) is 0 Å². The second kappa shape index (κ2) is 3.21. The summed E-state index contributed by atoms with van der Waals surface area (Å²) in [7, 11) is 0. The van der Waals surface area contributed by atoms with Gasteiger partial charge in [0.2, 0.25) is 0 Å². The molecule has 0 bridgehead atoms. The van der Waals surface area contributed by atoms with Gasteiger partial charge in [-0.3, -0.25) is 0 Å². The minimum atomic E-state index is -5.61. The van der Waals surface area contributed by atoms with E-state index >= 15 is 0 Å². The molecule has 0 aliphatic rings. The summed E-state index contributed by atoms with van der Waals surface area (Å²) in [6, 6.07) is 1.53. The lowest BCUT2D eigenvalue weighted by atomic mass is 10.1. The van der Waals surface area contributed by atoms with E-state index in [-0.39, 0.29) is 0 Å². The van der Waals surface area contributed by atoms with E-state index in [0.29, 0.717) is 6.07 Å². The van der Waals surface area contributed by atoms with Crippen molar-refractivity contribution in [1.82, 2.24) is 0 Å². The summed E-state index contributed by atoms with van der Waals surface area (Å²) in [6.07, 6.45) is -9.14. The van der Waals surface area contributed by atoms with Crippen molar-refractivity contribution in [2.24, 2.45) is 0 Å². The van der Waals surface area contributed by atoms with Gasteiger partial charge in [0.15, 0.2) is 5.76 Å². The summed E-state index contributed by atoms with van der Waals surface area (Å²) >= 11 is 0. The van der Waals surface area contributed by atoms with Gasteiger partial charge in [-0.2, -0.15) is 22.0 Å². The Kier molecular flexibility index (Phi) is 2.51. The van der Waals surface area contributed by atoms with Crippen molar-refractivity contribution in [2.45, 2.75) is 18.3 Å². The smallest absolute Gasteiger partial charge is 0.426 e. The minimum Gasteiger partial charge on any atom is -0.463 e. The molecule has 1 nitrogen and oxygen atoms in total. The van der Waals surface area contributed by atoms with Gasteiger partial charge in [-0.25, -0.2) is 4.39 Å². The molecule has 0 radical (unpaired) electrons. The Morgan fingerprint density at radius 3 is 2.07 bits per heavy atom. The first-order valence-electron chi connectivity index (χ1n) is 3.39. The van der Waals surface area contributed by atoms with Crippen molar-refractivity contribution >= 4 is 0 Å². The Hall–Kier alpha value is -1.14. The number of alkyl halides is 6. The molecule has 0 amide bonds. The SMILES string of the molecule is FC(C(F)(F)F)C(F)(F)c1ccco1. The van der Waals surface area contributed by atoms with Gasteiger partial charge >= 0.3 is 12.1 Å². The van der Waals surface area contributed by atoms with Gasteiger partial charge in [0, 0.05) is 0 Å². The zero-order valence-corrected chi connectivity index (χ0v) is 6.49. The second-order valence-corrected chi connectivity index (χ2v) is 2.50. The highest BCUT2D eigenvalue weighted by Gasteiger charge is 2.59. The molecule has 0 fully saturated rings. The highest BCUT2D eigenvalue weighted by atomic mass is 19.4. The summed E-state index contributed by atoms with van der Waals surface area (Å²) in [5, 5.41) is 0. The molecule has 0 aliphatic heterocycles. The predicted octanol–water partition coefficient (Wildman–Crippen LogP) is 3.27. The normalized spacial score (nSPS) is 15.6. The molecule has 1 unspecified atom stereocenters. The van der Waals surface area contributed by atoms with Crippen molar-refractivity contribution in [3.63, 3.8) is 0 Å². The monoisotopic (exact) mass is 218 g/mol. The van der Waals surface area contributed by atoms with Crippen molar-refractivity contribution in [2.75, 3.05) is 0 Å². The van der Waals surface area contributed by atoms with Gasteiger partial charge in [0.25, 0.3) is 6.17 Å². The highest BCUT2D eigenvalue weighted by Crippen LogP contribution is 2.41. The minimum absolute atomic E-state index is 0.582. The van der Waals surface area contributed by atoms with Crippen LogP contribution in [0.25, 0.3) is 0 Å². The molecule has 0 aromatic carbocycles. The van der Waals surface area contributed by atoms with Gasteiger partial charge in [0.1, 0.15) is 0 Å². The average molecular weight is 218 g/mol. The van der Waals surface area contributed by atoms with Crippen LogP contribution in [0, 0.1) is 0 Å². The van der Waals surface area contributed by atoms with E-state index < -0.39 is 24.0 Å². The quantitative estimate of drug-likeness (QED) is 0.694. The number of furan rings is 1. The fourth-order valence-electron chi connectivity index (χ4n) is 0.799. The summed E-state index contributed by atoms with van der Waals surface area (Å²) in [4.78, 5) is 0. The van der Waals surface area contributed by atoms with E-state index in [2.05, 4.69) is 4.42 Å². The van der Waals surface area contributed by atoms with Gasteiger partial charge in [0.05, 0.1) is 6.26 Å². The highest BCUT2D eigenvalue weighted by molar-refractivity contribution is 5.09. The van der Waals surface area contributed by atoms with E-state index in [1.165, 1.54) is 0 Å². The zero-order chi connectivity index (χ0) is 11.0. The summed E-state index contributed by atoms with van der Waals surface area (Å²) < 4.78 is 76.6. The molecule has 0 N–H and O–H groups in total. The molecule has 0 aliphatic carbocycles. The fraction of sp³-hybridized carbons (Fsp3) is 0.429. The van der Waals surface area contributed by atoms with Crippen molar-refractivity contribution in [3.8, 4) is 0 Å². The largest absolute Gasteiger partial charge is 0.463 e. The number of hydrogen-bond donors (Lipinski definition) is 0. The standard InChI is InChI=1S/C7H4F6O/c8-5(7(11,12)13)6(9,10)4-2-1-3-14-4/h1-3,5H. The molecule has 1 atom stereocenters. The molecule has 0 saturated carbocycles. The van der Waals surface area contributed by atoms with Gasteiger partial charge in [-0.05, 0) is 12.1 Å². The van der Waals surface area contributed by atoms with Crippen molar-refractivity contribution < 1.29 is 30.8 Å². The lowest BCUT2D eigenvalue weighted by molar-refractivity contribution is -0.252. The van der Waals surface area contributed by atoms with Gasteiger partial charge in [-0.15, -0.1) is 0 Å². The number of hydrogen-bond acceptors (Lipinski definition) is 1. The number of halogens is 6. The zero-order valence-electron chi connectivity index (χ0n) is 6.49. The molecule has 80 valence electrons. The van der Waals surface area contributed by atoms with Crippen LogP contribution in [0.4, 0.5) is 26.3 Å². The van der Waals surface area contributed by atoms with Crippen molar-refractivity contribution in [1.29, 1.82) is 0 Å². The van der Waals surface area contributed by atoms with Crippen LogP contribution in [0.5, 0.6) is 0 Å². The first-order valence-corrected chi connectivity index (χ1v) is 3.39. The van der Waals surface area contributed by atoms with Crippen molar-refractivity contribution in [3.05, 3.63) is 24.2 Å². The molecular formula is C7H4F6O. The first kappa shape index (κ1) is 10.9. The topological polar surface area (TPSA) is 13.1 Å². The van der Waals surface area contributed by atoms with Crippen LogP contribution >= 0.6 is 0 Å². The van der Waals surface area contributed by atoms with Crippen LogP contribution in [-0.4, -0.2) is 12.3 Å². The Balaban J connectivity index is 2.96. The maximum Gasteiger partial charge on any atom is 0.426 e. The van der Waals surface area contributed by atoms with Crippen LogP contribution in [0.1, 0.15) is 5.76 Å². The van der Waals surface area contributed by atoms with Gasteiger partial charge < -0.3 is 4.42 Å². The molecule has 1 aromatic heterocycles. The maximum atomic E-state index is 12.7. The maximum absolute atomic E-state index is 12.7. The molecule has 14 heavy (non-hydrogen) atoms. The molecule has 1 rings (SSSR count). The predicted molar refractivity (Wildman–Crippen MR) is 33.6 cm³/mol. The third-order valence-corrected chi connectivity index (χ3v) is 1.46. The molecule has 1 heterocycles. The number of rotatable bonds is 2. The lowest BCUT2D eigenvalue weighted by Gasteiger charge is -2.20. The summed E-state index contributed by atoms with van der Waals surface area (Å²) in [6.45, 7) is 0. The van der Waals surface area contributed by atoms with Crippen LogP contribution in [0.3, 0.4) is 0 Å². The second-order valence-electron chi connectivity index (χ2n) is 2.50. The van der Waals surface area contributed by atoms with Crippen LogP contribution in [0.15, 0.2) is 22.8 Å². The lowest BCUT2D eigenvalue weighted by Crippen LogP contribution is -2.39. The van der Waals surface area contributed by atoms with E-state index in [4.69, 9.17) is 0 Å². The molecule has 7 heteroatoms. The van der Waals surface area contributed by atoms with E-state index in [1.54, 1.807) is 0 Å². The molecule has 0 saturated heterocycles. The van der Waals surface area contributed by atoms with Crippen LogP contribution < -0.4 is 0 Å². The van der Waals surface area contributed by atoms with E-state index in [9.17, 15) is 26.3 Å². The molecular weight excluding hydrogens is 214 g/mol. The third kappa shape index (κ3) is 1.85. The Labute approximate surface area is 74.3 Å². The van der Waals surface area contributed by atoms with Gasteiger partial charge in [-0.1, -0.05) is 0 Å². The molecule has 1 aromatic rings. The third-order valence-electron chi connectivity index (χ3n) is 1.46. The average Bonchev–Trinajstić information content (AvgIpc) is 2.53. The Morgan fingerprint density at radius 1 is 1.14 bits per heavy atom.